The van der Waals surface area contributed by atoms with Crippen molar-refractivity contribution >= 4 is 5.69 Å². The zero-order chi connectivity index (χ0) is 17.3. The van der Waals surface area contributed by atoms with Gasteiger partial charge in [-0.15, -0.1) is 0 Å². The molecule has 3 rings (SSSR count). The Morgan fingerprint density at radius 2 is 1.83 bits per heavy atom. The minimum atomic E-state index is -4.41. The van der Waals surface area contributed by atoms with E-state index in [1.807, 2.05) is 6.07 Å². The van der Waals surface area contributed by atoms with Gasteiger partial charge in [-0.3, -0.25) is 4.90 Å². The standard InChI is InChI=1S/C18H22F3N3/c1-13-3-2-8-24(13)16-6-9-23(10-7-16)17-5-4-15(18(19,20)21)11-14(17)12-22/h4-5,11,13,16H,2-3,6-10H2,1H3. The molecule has 24 heavy (non-hydrogen) atoms. The summed E-state index contributed by atoms with van der Waals surface area (Å²) in [6.07, 6.45) is 0.0754. The van der Waals surface area contributed by atoms with Crippen LogP contribution in [0.2, 0.25) is 0 Å². The highest BCUT2D eigenvalue weighted by atomic mass is 19.4. The number of piperidine rings is 1. The predicted octanol–water partition coefficient (Wildman–Crippen LogP) is 4.03. The summed E-state index contributed by atoms with van der Waals surface area (Å²) in [6, 6.07) is 6.59. The van der Waals surface area contributed by atoms with Crippen molar-refractivity contribution in [2.45, 2.75) is 50.9 Å². The Morgan fingerprint density at radius 3 is 2.38 bits per heavy atom. The molecule has 130 valence electrons. The summed E-state index contributed by atoms with van der Waals surface area (Å²) >= 11 is 0. The number of rotatable bonds is 2. The van der Waals surface area contributed by atoms with Crippen LogP contribution in [-0.2, 0) is 6.18 Å². The van der Waals surface area contributed by atoms with Crippen molar-refractivity contribution in [1.29, 1.82) is 5.26 Å². The number of nitrogens with zero attached hydrogens (tertiary/aromatic N) is 3. The lowest BCUT2D eigenvalue weighted by Gasteiger charge is -2.39. The second-order valence-electron chi connectivity index (χ2n) is 6.79. The van der Waals surface area contributed by atoms with E-state index in [9.17, 15) is 18.4 Å². The van der Waals surface area contributed by atoms with Crippen molar-refractivity contribution in [2.24, 2.45) is 0 Å². The Bertz CT molecular complexity index is 627. The van der Waals surface area contributed by atoms with Crippen LogP contribution >= 0.6 is 0 Å². The first-order valence-corrected chi connectivity index (χ1v) is 8.52. The van der Waals surface area contributed by atoms with Gasteiger partial charge < -0.3 is 4.90 Å². The Morgan fingerprint density at radius 1 is 1.12 bits per heavy atom. The first-order valence-electron chi connectivity index (χ1n) is 8.52. The monoisotopic (exact) mass is 337 g/mol. The van der Waals surface area contributed by atoms with Crippen LogP contribution in [0, 0.1) is 11.3 Å². The third kappa shape index (κ3) is 3.36. The number of anilines is 1. The van der Waals surface area contributed by atoms with Crippen molar-refractivity contribution in [3.8, 4) is 6.07 Å². The number of halogens is 3. The number of alkyl halides is 3. The fourth-order valence-electron chi connectivity index (χ4n) is 4.01. The molecule has 6 heteroatoms. The molecule has 0 bridgehead atoms. The molecule has 0 radical (unpaired) electrons. The van der Waals surface area contributed by atoms with Gasteiger partial charge in [0.05, 0.1) is 16.8 Å². The molecule has 2 aliphatic rings. The zero-order valence-electron chi connectivity index (χ0n) is 13.8. The topological polar surface area (TPSA) is 30.3 Å². The maximum Gasteiger partial charge on any atom is 0.416 e. The zero-order valence-corrected chi connectivity index (χ0v) is 13.8. The molecule has 0 spiro atoms. The summed E-state index contributed by atoms with van der Waals surface area (Å²) in [6.45, 7) is 4.99. The molecular weight excluding hydrogens is 315 g/mol. The summed E-state index contributed by atoms with van der Waals surface area (Å²) in [4.78, 5) is 4.62. The van der Waals surface area contributed by atoms with E-state index in [0.29, 0.717) is 17.8 Å². The largest absolute Gasteiger partial charge is 0.416 e. The summed E-state index contributed by atoms with van der Waals surface area (Å²) in [5.41, 5.74) is -0.0280. The van der Waals surface area contributed by atoms with Crippen molar-refractivity contribution in [3.63, 3.8) is 0 Å². The summed E-state index contributed by atoms with van der Waals surface area (Å²) < 4.78 is 38.4. The average Bonchev–Trinajstić information content (AvgIpc) is 2.99. The fourth-order valence-corrected chi connectivity index (χ4v) is 4.01. The Balaban J connectivity index is 1.71. The molecule has 0 saturated carbocycles. The van der Waals surface area contributed by atoms with Crippen LogP contribution in [0.3, 0.4) is 0 Å². The van der Waals surface area contributed by atoms with E-state index in [4.69, 9.17) is 0 Å². The smallest absolute Gasteiger partial charge is 0.370 e. The predicted molar refractivity (Wildman–Crippen MR) is 86.8 cm³/mol. The molecule has 2 heterocycles. The van der Waals surface area contributed by atoms with E-state index in [1.54, 1.807) is 0 Å². The van der Waals surface area contributed by atoms with Crippen LogP contribution in [-0.4, -0.2) is 36.6 Å². The van der Waals surface area contributed by atoms with Gasteiger partial charge >= 0.3 is 6.18 Å². The Hall–Kier alpha value is -1.74. The van der Waals surface area contributed by atoms with Crippen LogP contribution in [0.25, 0.3) is 0 Å². The maximum atomic E-state index is 12.8. The third-order valence-electron chi connectivity index (χ3n) is 5.32. The van der Waals surface area contributed by atoms with Crippen LogP contribution in [0.4, 0.5) is 18.9 Å². The van der Waals surface area contributed by atoms with Crippen molar-refractivity contribution in [3.05, 3.63) is 29.3 Å². The Labute approximate surface area is 140 Å². The van der Waals surface area contributed by atoms with Crippen LogP contribution in [0.1, 0.15) is 43.7 Å². The lowest BCUT2D eigenvalue weighted by molar-refractivity contribution is -0.137. The van der Waals surface area contributed by atoms with Gasteiger partial charge in [0.1, 0.15) is 6.07 Å². The molecule has 1 aromatic carbocycles. The molecule has 2 aliphatic heterocycles. The van der Waals surface area contributed by atoms with Gasteiger partial charge in [0.15, 0.2) is 0 Å². The first kappa shape index (κ1) is 17.1. The van der Waals surface area contributed by atoms with Crippen LogP contribution in [0.5, 0.6) is 0 Å². The molecule has 0 N–H and O–H groups in total. The van der Waals surface area contributed by atoms with Crippen LogP contribution in [0.15, 0.2) is 18.2 Å². The molecule has 0 amide bonds. The van der Waals surface area contributed by atoms with Gasteiger partial charge in [0.2, 0.25) is 0 Å². The molecule has 1 unspecified atom stereocenters. The second-order valence-corrected chi connectivity index (χ2v) is 6.79. The maximum absolute atomic E-state index is 12.8. The minimum Gasteiger partial charge on any atom is -0.370 e. The van der Waals surface area contributed by atoms with E-state index >= 15 is 0 Å². The molecule has 0 aromatic heterocycles. The summed E-state index contributed by atoms with van der Waals surface area (Å²) in [7, 11) is 0. The van der Waals surface area contributed by atoms with E-state index in [1.165, 1.54) is 18.9 Å². The number of hydrogen-bond donors (Lipinski definition) is 0. The average molecular weight is 337 g/mol. The number of nitriles is 1. The number of hydrogen-bond acceptors (Lipinski definition) is 3. The van der Waals surface area contributed by atoms with E-state index in [0.717, 1.165) is 44.6 Å². The van der Waals surface area contributed by atoms with Gasteiger partial charge in [0.25, 0.3) is 0 Å². The minimum absolute atomic E-state index is 0.109. The molecular formula is C18H22F3N3. The van der Waals surface area contributed by atoms with Gasteiger partial charge in [0, 0.05) is 25.2 Å². The summed E-state index contributed by atoms with van der Waals surface area (Å²) in [5, 5.41) is 9.25. The third-order valence-corrected chi connectivity index (χ3v) is 5.32. The Kier molecular flexibility index (Phi) is 4.73. The summed E-state index contributed by atoms with van der Waals surface area (Å²) in [5.74, 6) is 0. The molecule has 2 fully saturated rings. The fraction of sp³-hybridized carbons (Fsp3) is 0.611. The molecule has 2 saturated heterocycles. The van der Waals surface area contributed by atoms with Gasteiger partial charge in [-0.25, -0.2) is 0 Å². The van der Waals surface area contributed by atoms with E-state index < -0.39 is 11.7 Å². The van der Waals surface area contributed by atoms with Crippen molar-refractivity contribution < 1.29 is 13.2 Å². The number of benzene rings is 1. The molecule has 1 atom stereocenters. The quantitative estimate of drug-likeness (QED) is 0.816. The normalized spacial score (nSPS) is 23.5. The molecule has 1 aromatic rings. The van der Waals surface area contributed by atoms with Gasteiger partial charge in [-0.1, -0.05) is 0 Å². The van der Waals surface area contributed by atoms with Crippen molar-refractivity contribution in [2.75, 3.05) is 24.5 Å². The van der Waals surface area contributed by atoms with Crippen molar-refractivity contribution in [1.82, 2.24) is 4.90 Å². The SMILES string of the molecule is CC1CCCN1C1CCN(c2ccc(C(F)(F)F)cc2C#N)CC1. The lowest BCUT2D eigenvalue weighted by atomic mass is 10.00. The van der Waals surface area contributed by atoms with Crippen LogP contribution < -0.4 is 4.90 Å². The molecule has 3 nitrogen and oxygen atoms in total. The highest BCUT2D eigenvalue weighted by Crippen LogP contribution is 2.34. The van der Waals surface area contributed by atoms with E-state index in [-0.39, 0.29) is 5.56 Å². The molecule has 0 aliphatic carbocycles. The lowest BCUT2D eigenvalue weighted by Crippen LogP contribution is -2.46. The highest BCUT2D eigenvalue weighted by molar-refractivity contribution is 5.61. The second kappa shape index (κ2) is 6.64. The van der Waals surface area contributed by atoms with Gasteiger partial charge in [-0.2, -0.15) is 18.4 Å². The van der Waals surface area contributed by atoms with E-state index in [2.05, 4.69) is 16.7 Å². The number of likely N-dealkylation sites (tertiary alicyclic amines) is 1. The first-order chi connectivity index (χ1) is 11.4. The highest BCUT2D eigenvalue weighted by Gasteiger charge is 2.33. The van der Waals surface area contributed by atoms with Gasteiger partial charge in [-0.05, 0) is 57.4 Å².